The first-order valence-corrected chi connectivity index (χ1v) is 17.8. The van der Waals surface area contributed by atoms with Gasteiger partial charge in [-0.15, -0.1) is 0 Å². The molecule has 0 saturated heterocycles. The predicted molar refractivity (Wildman–Crippen MR) is 219 cm³/mol. The van der Waals surface area contributed by atoms with Crippen LogP contribution in [0.1, 0.15) is 0 Å². The van der Waals surface area contributed by atoms with Crippen molar-refractivity contribution in [1.29, 1.82) is 0 Å². The molecule has 0 bridgehead atoms. The molecule has 53 heavy (non-hydrogen) atoms. The molecule has 6 aromatic carbocycles. The Kier molecular flexibility index (Phi) is 7.40. The largest absolute Gasteiger partial charge is 0.315 e. The van der Waals surface area contributed by atoms with Crippen LogP contribution in [0, 0.1) is 0 Å². The van der Waals surface area contributed by atoms with Gasteiger partial charge < -0.3 is 14.0 Å². The maximum Gasteiger partial charge on any atom is 0.0788 e. The summed E-state index contributed by atoms with van der Waals surface area (Å²) < 4.78 is 4.74. The molecule has 5 nitrogen and oxygen atoms in total. The van der Waals surface area contributed by atoms with E-state index in [9.17, 15) is 0 Å². The number of pyridine rings is 2. The van der Waals surface area contributed by atoms with Gasteiger partial charge in [0, 0.05) is 75.6 Å². The van der Waals surface area contributed by atoms with E-state index in [2.05, 4.69) is 176 Å². The molecule has 0 aliphatic carbocycles. The number of para-hydroxylation sites is 2. The lowest BCUT2D eigenvalue weighted by molar-refractivity contribution is 1.12. The molecule has 0 aliphatic rings. The molecule has 10 rings (SSSR count). The summed E-state index contributed by atoms with van der Waals surface area (Å²) >= 11 is 0. The van der Waals surface area contributed by atoms with Crippen molar-refractivity contribution in [3.8, 4) is 33.6 Å². The zero-order chi connectivity index (χ0) is 35.1. The highest BCUT2D eigenvalue weighted by molar-refractivity contribution is 6.19. The molecule has 0 amide bonds. The van der Waals surface area contributed by atoms with Gasteiger partial charge in [-0.25, -0.2) is 0 Å². The fourth-order valence-corrected chi connectivity index (χ4v) is 7.64. The van der Waals surface area contributed by atoms with E-state index in [4.69, 9.17) is 0 Å². The number of aromatic nitrogens is 4. The summed E-state index contributed by atoms with van der Waals surface area (Å²) in [7, 11) is 0. The minimum Gasteiger partial charge on any atom is -0.315 e. The average Bonchev–Trinajstić information content (AvgIpc) is 3.82. The number of benzene rings is 6. The smallest absolute Gasteiger partial charge is 0.0788 e. The van der Waals surface area contributed by atoms with Crippen LogP contribution in [0.2, 0.25) is 0 Å². The molecule has 5 heteroatoms. The van der Waals surface area contributed by atoms with Crippen molar-refractivity contribution >= 4 is 49.8 Å². The molecule has 10 aromatic rings. The quantitative estimate of drug-likeness (QED) is 0.168. The normalized spacial score (nSPS) is 11.4. The molecular weight excluding hydrogens is 647 g/mol. The molecule has 0 saturated carbocycles. The second-order valence-electron chi connectivity index (χ2n) is 13.2. The maximum absolute atomic E-state index is 4.21. The molecule has 0 unspecified atom stereocenters. The molecule has 0 N–H and O–H groups in total. The van der Waals surface area contributed by atoms with Crippen molar-refractivity contribution in [3.05, 3.63) is 201 Å². The first kappa shape index (κ1) is 30.6. The third-order valence-electron chi connectivity index (χ3n) is 10.1. The Morgan fingerprint density at radius 3 is 1.51 bits per heavy atom. The maximum atomic E-state index is 4.21. The topological polar surface area (TPSA) is 38.9 Å². The summed E-state index contributed by atoms with van der Waals surface area (Å²) in [6, 6.07) is 60.7. The fraction of sp³-hybridized carbons (Fsp3) is 0. The lowest BCUT2D eigenvalue weighted by Gasteiger charge is -2.26. The van der Waals surface area contributed by atoms with Crippen molar-refractivity contribution in [2.75, 3.05) is 4.90 Å². The van der Waals surface area contributed by atoms with Gasteiger partial charge in [0.05, 0.1) is 16.6 Å². The highest BCUT2D eigenvalue weighted by atomic mass is 15.1. The van der Waals surface area contributed by atoms with Crippen molar-refractivity contribution in [1.82, 2.24) is 19.1 Å². The third kappa shape index (κ3) is 5.34. The van der Waals surface area contributed by atoms with Gasteiger partial charge in [0.15, 0.2) is 0 Å². The SMILES string of the molecule is c1ccc(-n2ccc3ccc4c5cc(N(c6ccc(-c7ccncc7)cc6)c6ccc(-c7ccncc7)cc6)ccc5n(-c5ccccc5)c4c32)cc1. The molecule has 0 spiro atoms. The first-order chi connectivity index (χ1) is 26.3. The lowest BCUT2D eigenvalue weighted by atomic mass is 10.0. The third-order valence-corrected chi connectivity index (χ3v) is 10.1. The van der Waals surface area contributed by atoms with E-state index in [1.165, 1.54) is 27.2 Å². The fourth-order valence-electron chi connectivity index (χ4n) is 7.64. The van der Waals surface area contributed by atoms with E-state index < -0.39 is 0 Å². The second kappa shape index (κ2) is 12.8. The Labute approximate surface area is 307 Å². The predicted octanol–water partition coefficient (Wildman–Crippen LogP) is 12.3. The van der Waals surface area contributed by atoms with E-state index >= 15 is 0 Å². The van der Waals surface area contributed by atoms with Crippen LogP contribution in [0.3, 0.4) is 0 Å². The van der Waals surface area contributed by atoms with Crippen LogP contribution in [0.5, 0.6) is 0 Å². The van der Waals surface area contributed by atoms with Crippen LogP contribution < -0.4 is 4.90 Å². The highest BCUT2D eigenvalue weighted by Crippen LogP contribution is 2.42. The van der Waals surface area contributed by atoms with Crippen LogP contribution in [0.15, 0.2) is 201 Å². The van der Waals surface area contributed by atoms with E-state index in [-0.39, 0.29) is 0 Å². The molecule has 250 valence electrons. The van der Waals surface area contributed by atoms with Crippen LogP contribution >= 0.6 is 0 Å². The number of fused-ring (bicyclic) bond motifs is 5. The van der Waals surface area contributed by atoms with Gasteiger partial charge in [0.1, 0.15) is 0 Å². The Balaban J connectivity index is 1.19. The van der Waals surface area contributed by atoms with Gasteiger partial charge in [-0.1, -0.05) is 72.8 Å². The van der Waals surface area contributed by atoms with Crippen molar-refractivity contribution < 1.29 is 0 Å². The van der Waals surface area contributed by atoms with Gasteiger partial charge in [-0.05, 0) is 119 Å². The Morgan fingerprint density at radius 2 is 0.925 bits per heavy atom. The Hall–Kier alpha value is -7.24. The number of rotatable bonds is 7. The average molecular weight is 680 g/mol. The summed E-state index contributed by atoms with van der Waals surface area (Å²) in [5.41, 5.74) is 13.6. The highest BCUT2D eigenvalue weighted by Gasteiger charge is 2.21. The molecule has 4 aromatic heterocycles. The second-order valence-corrected chi connectivity index (χ2v) is 13.2. The van der Waals surface area contributed by atoms with Crippen LogP contribution in [0.25, 0.3) is 66.3 Å². The van der Waals surface area contributed by atoms with Gasteiger partial charge in [-0.3, -0.25) is 9.97 Å². The van der Waals surface area contributed by atoms with E-state index in [1.807, 2.05) is 49.1 Å². The summed E-state index contributed by atoms with van der Waals surface area (Å²) in [5, 5.41) is 3.60. The van der Waals surface area contributed by atoms with E-state index in [1.54, 1.807) is 0 Å². The molecule has 0 fully saturated rings. The van der Waals surface area contributed by atoms with Crippen LogP contribution in [0.4, 0.5) is 17.1 Å². The van der Waals surface area contributed by atoms with E-state index in [0.29, 0.717) is 0 Å². The minimum absolute atomic E-state index is 1.07. The minimum atomic E-state index is 1.07. The summed E-state index contributed by atoms with van der Waals surface area (Å²) in [6.45, 7) is 0. The van der Waals surface area contributed by atoms with Gasteiger partial charge >= 0.3 is 0 Å². The van der Waals surface area contributed by atoms with Gasteiger partial charge in [0.25, 0.3) is 0 Å². The Bertz CT molecular complexity index is 2760. The van der Waals surface area contributed by atoms with Crippen molar-refractivity contribution in [3.63, 3.8) is 0 Å². The number of hydrogen-bond donors (Lipinski definition) is 0. The van der Waals surface area contributed by atoms with Crippen LogP contribution in [-0.4, -0.2) is 19.1 Å². The number of nitrogens with zero attached hydrogens (tertiary/aromatic N) is 5. The van der Waals surface area contributed by atoms with Gasteiger partial charge in [-0.2, -0.15) is 0 Å². The summed E-state index contributed by atoms with van der Waals surface area (Å²) in [5.74, 6) is 0. The number of anilines is 3. The van der Waals surface area contributed by atoms with Gasteiger partial charge in [0.2, 0.25) is 0 Å². The molecule has 0 radical (unpaired) electrons. The van der Waals surface area contributed by atoms with Crippen LogP contribution in [-0.2, 0) is 0 Å². The zero-order valence-corrected chi connectivity index (χ0v) is 28.8. The molecule has 4 heterocycles. The summed E-state index contributed by atoms with van der Waals surface area (Å²) in [6.07, 6.45) is 9.54. The van der Waals surface area contributed by atoms with E-state index in [0.717, 1.165) is 56.2 Å². The monoisotopic (exact) mass is 679 g/mol. The zero-order valence-electron chi connectivity index (χ0n) is 28.8. The Morgan fingerprint density at radius 1 is 0.396 bits per heavy atom. The summed E-state index contributed by atoms with van der Waals surface area (Å²) in [4.78, 5) is 10.8. The molecular formula is C48H33N5. The van der Waals surface area contributed by atoms with Crippen molar-refractivity contribution in [2.45, 2.75) is 0 Å². The molecule has 0 aliphatic heterocycles. The molecule has 0 atom stereocenters. The van der Waals surface area contributed by atoms with Crippen molar-refractivity contribution in [2.24, 2.45) is 0 Å². The lowest BCUT2D eigenvalue weighted by Crippen LogP contribution is -2.10. The number of hydrogen-bond acceptors (Lipinski definition) is 3. The first-order valence-electron chi connectivity index (χ1n) is 17.8. The standard InChI is InChI=1S/C48H33N5/c1-3-7-39(8-4-1)51-32-27-38-15-21-44-45-33-43(20-22-46(45)53(48(44)47(38)51)40-9-5-2-6-10-40)52(41-16-11-34(12-17-41)36-23-28-49-29-24-36)42-18-13-35(14-19-42)37-25-30-50-31-26-37/h1-33H.